The molecule has 2 aliphatic carbocycles. The van der Waals surface area contributed by atoms with Gasteiger partial charge in [-0.2, -0.15) is 0 Å². The largest absolute Gasteiger partial charge is 0.251 e. The van der Waals surface area contributed by atoms with Gasteiger partial charge in [-0.1, -0.05) is 12.1 Å². The smallest absolute Gasteiger partial charge is 0.160 e. The first kappa shape index (κ1) is 23.3. The first-order valence-corrected chi connectivity index (χ1v) is 14.0. The van der Waals surface area contributed by atoms with Crippen molar-refractivity contribution in [2.45, 2.75) is 53.4 Å². The van der Waals surface area contributed by atoms with Crippen molar-refractivity contribution in [1.82, 2.24) is 29.9 Å². The second kappa shape index (κ2) is 8.46. The summed E-state index contributed by atoms with van der Waals surface area (Å²) >= 11 is 0. The van der Waals surface area contributed by atoms with Gasteiger partial charge in [-0.15, -0.1) is 0 Å². The van der Waals surface area contributed by atoms with E-state index in [1.165, 1.54) is 22.3 Å². The molecule has 0 unspecified atom stereocenters. The van der Waals surface area contributed by atoms with Crippen LogP contribution in [0.5, 0.6) is 0 Å². The van der Waals surface area contributed by atoms with Gasteiger partial charge in [-0.25, -0.2) is 24.9 Å². The van der Waals surface area contributed by atoms with Crippen molar-refractivity contribution in [3.05, 3.63) is 93.3 Å². The molecule has 40 heavy (non-hydrogen) atoms. The van der Waals surface area contributed by atoms with E-state index in [9.17, 15) is 0 Å². The number of hydrogen-bond acceptors (Lipinski definition) is 6. The number of nitrogens with zero attached hydrogens (tertiary/aromatic N) is 6. The number of aromatic nitrogens is 6. The highest BCUT2D eigenvalue weighted by Gasteiger charge is 2.25. The third-order valence-corrected chi connectivity index (χ3v) is 8.37. The van der Waals surface area contributed by atoms with Crippen molar-refractivity contribution in [2.24, 2.45) is 0 Å². The molecule has 0 amide bonds. The molecular formula is C34H28N6. The van der Waals surface area contributed by atoms with Gasteiger partial charge in [0.15, 0.2) is 11.3 Å². The fraction of sp³-hybridized carbons (Fsp3) is 0.235. The van der Waals surface area contributed by atoms with E-state index in [0.29, 0.717) is 0 Å². The molecule has 8 rings (SSSR count). The van der Waals surface area contributed by atoms with Crippen LogP contribution in [0.25, 0.3) is 56.2 Å². The van der Waals surface area contributed by atoms with Crippen LogP contribution in [0.4, 0.5) is 0 Å². The Bertz CT molecular complexity index is 2060. The molecule has 0 saturated heterocycles. The van der Waals surface area contributed by atoms with Crippen LogP contribution in [0.15, 0.2) is 48.7 Å². The summed E-state index contributed by atoms with van der Waals surface area (Å²) in [6.07, 6.45) is 5.74. The van der Waals surface area contributed by atoms with E-state index in [0.717, 1.165) is 104 Å². The van der Waals surface area contributed by atoms with Gasteiger partial charge in [0.05, 0.1) is 34.2 Å². The van der Waals surface area contributed by atoms with Crippen LogP contribution in [0, 0.1) is 27.7 Å². The monoisotopic (exact) mass is 520 g/mol. The molecule has 0 radical (unpaired) electrons. The summed E-state index contributed by atoms with van der Waals surface area (Å²) in [6, 6.07) is 15.4. The van der Waals surface area contributed by atoms with Gasteiger partial charge in [-0.05, 0) is 123 Å². The summed E-state index contributed by atoms with van der Waals surface area (Å²) in [4.78, 5) is 30.0. The Hall–Kier alpha value is -4.58. The summed E-state index contributed by atoms with van der Waals surface area (Å²) in [7, 11) is 0. The van der Waals surface area contributed by atoms with E-state index in [1.807, 2.05) is 13.1 Å². The Morgan fingerprint density at radius 3 is 1.77 bits per heavy atom. The van der Waals surface area contributed by atoms with Crippen molar-refractivity contribution in [2.75, 3.05) is 0 Å². The molecule has 6 nitrogen and oxygen atoms in total. The van der Waals surface area contributed by atoms with Crippen molar-refractivity contribution in [3.63, 3.8) is 0 Å². The Balaban J connectivity index is 1.31. The Morgan fingerprint density at radius 2 is 1.02 bits per heavy atom. The standard InChI is InChI=1S/C34H28N6/c1-17-11-25-13-19(3)28(38-33(25)35-16-17)27-18(2)12-22-9-10-24-15-26-14-23-8-7-21-6-5-20(4)36-29(21)31(23)39-34(26)40-32(24)30(22)37-27/h5-6,11-16H,7-10H2,1-4H3. The molecule has 0 aromatic carbocycles. The van der Waals surface area contributed by atoms with Crippen LogP contribution < -0.4 is 0 Å². The van der Waals surface area contributed by atoms with Gasteiger partial charge in [0.2, 0.25) is 0 Å². The summed E-state index contributed by atoms with van der Waals surface area (Å²) in [5, 5.41) is 2.15. The first-order chi connectivity index (χ1) is 19.4. The molecule has 6 aromatic rings. The second-order valence-electron chi connectivity index (χ2n) is 11.4. The molecule has 0 N–H and O–H groups in total. The highest BCUT2D eigenvalue weighted by atomic mass is 14.9. The van der Waals surface area contributed by atoms with Gasteiger partial charge in [0.25, 0.3) is 0 Å². The maximum absolute atomic E-state index is 5.26. The van der Waals surface area contributed by atoms with Crippen LogP contribution in [0.2, 0.25) is 0 Å². The Kier molecular flexibility index (Phi) is 4.93. The zero-order chi connectivity index (χ0) is 27.1. The fourth-order valence-electron chi connectivity index (χ4n) is 6.34. The quantitative estimate of drug-likeness (QED) is 0.237. The molecule has 0 fully saturated rings. The van der Waals surface area contributed by atoms with Gasteiger partial charge in [-0.3, -0.25) is 4.98 Å². The fourth-order valence-corrected chi connectivity index (χ4v) is 6.34. The Morgan fingerprint density at radius 1 is 0.475 bits per heavy atom. The SMILES string of the molecule is Cc1cnc2nc(-c3nc4c(cc3C)CCc3cc5cc6c(nc5nc3-4)-c3nc(C)ccc3CC6)c(C)cc2c1. The van der Waals surface area contributed by atoms with Gasteiger partial charge >= 0.3 is 0 Å². The first-order valence-electron chi connectivity index (χ1n) is 14.0. The van der Waals surface area contributed by atoms with Gasteiger partial charge < -0.3 is 0 Å². The predicted octanol–water partition coefficient (Wildman–Crippen LogP) is 6.79. The van der Waals surface area contributed by atoms with E-state index in [4.69, 9.17) is 24.9 Å². The lowest BCUT2D eigenvalue weighted by atomic mass is 9.89. The molecule has 6 aromatic heterocycles. The summed E-state index contributed by atoms with van der Waals surface area (Å²) in [5.41, 5.74) is 16.4. The van der Waals surface area contributed by atoms with E-state index in [-0.39, 0.29) is 0 Å². The Labute approximate surface area is 232 Å². The highest BCUT2D eigenvalue weighted by Crippen LogP contribution is 2.38. The lowest BCUT2D eigenvalue weighted by Gasteiger charge is -2.22. The third kappa shape index (κ3) is 3.55. The maximum atomic E-state index is 5.26. The molecule has 6 heterocycles. The lowest BCUT2D eigenvalue weighted by molar-refractivity contribution is 0.903. The molecule has 0 bridgehead atoms. The van der Waals surface area contributed by atoms with Crippen molar-refractivity contribution < 1.29 is 0 Å². The molecule has 2 aliphatic rings. The van der Waals surface area contributed by atoms with E-state index >= 15 is 0 Å². The topological polar surface area (TPSA) is 77.3 Å². The summed E-state index contributed by atoms with van der Waals surface area (Å²) < 4.78 is 0. The predicted molar refractivity (Wildman–Crippen MR) is 158 cm³/mol. The van der Waals surface area contributed by atoms with E-state index in [1.54, 1.807) is 0 Å². The molecule has 6 heteroatoms. The summed E-state index contributed by atoms with van der Waals surface area (Å²) in [6.45, 7) is 8.32. The van der Waals surface area contributed by atoms with Crippen LogP contribution in [-0.2, 0) is 25.7 Å². The minimum Gasteiger partial charge on any atom is -0.251 e. The summed E-state index contributed by atoms with van der Waals surface area (Å²) in [5.74, 6) is 0. The normalized spacial score (nSPS) is 13.6. The van der Waals surface area contributed by atoms with E-state index in [2.05, 4.69) is 68.2 Å². The number of hydrogen-bond donors (Lipinski definition) is 0. The average molecular weight is 521 g/mol. The van der Waals surface area contributed by atoms with Crippen molar-refractivity contribution in [1.29, 1.82) is 0 Å². The molecule has 0 saturated carbocycles. The molecule has 0 aliphatic heterocycles. The number of aryl methyl sites for hydroxylation is 8. The average Bonchev–Trinajstić information content (AvgIpc) is 2.94. The maximum Gasteiger partial charge on any atom is 0.160 e. The lowest BCUT2D eigenvalue weighted by Crippen LogP contribution is -2.12. The molecular weight excluding hydrogens is 492 g/mol. The van der Waals surface area contributed by atoms with Crippen LogP contribution in [-0.4, -0.2) is 29.9 Å². The van der Waals surface area contributed by atoms with Crippen molar-refractivity contribution in [3.8, 4) is 34.2 Å². The molecule has 0 spiro atoms. The van der Waals surface area contributed by atoms with E-state index < -0.39 is 0 Å². The van der Waals surface area contributed by atoms with Crippen LogP contribution in [0.3, 0.4) is 0 Å². The zero-order valence-electron chi connectivity index (χ0n) is 23.1. The number of fused-ring (bicyclic) bond motifs is 8. The molecule has 194 valence electrons. The minimum absolute atomic E-state index is 0.743. The second-order valence-corrected chi connectivity index (χ2v) is 11.4. The zero-order valence-corrected chi connectivity index (χ0v) is 23.1. The van der Waals surface area contributed by atoms with Crippen molar-refractivity contribution >= 4 is 22.1 Å². The van der Waals surface area contributed by atoms with Crippen LogP contribution in [0.1, 0.15) is 44.6 Å². The third-order valence-electron chi connectivity index (χ3n) is 8.37. The highest BCUT2D eigenvalue weighted by molar-refractivity contribution is 5.86. The molecule has 0 atom stereocenters. The van der Waals surface area contributed by atoms with Crippen LogP contribution >= 0.6 is 0 Å². The van der Waals surface area contributed by atoms with Gasteiger partial charge in [0.1, 0.15) is 0 Å². The number of rotatable bonds is 1. The number of pyridine rings is 6. The minimum atomic E-state index is 0.743. The van der Waals surface area contributed by atoms with Gasteiger partial charge in [0, 0.05) is 22.7 Å².